The van der Waals surface area contributed by atoms with Gasteiger partial charge in [-0.25, -0.2) is 0 Å². The molecule has 3 unspecified atom stereocenters. The van der Waals surface area contributed by atoms with E-state index in [-0.39, 0.29) is 23.9 Å². The van der Waals surface area contributed by atoms with E-state index in [1.807, 2.05) is 12.1 Å². The van der Waals surface area contributed by atoms with Gasteiger partial charge in [-0.2, -0.15) is 5.10 Å². The van der Waals surface area contributed by atoms with Gasteiger partial charge >= 0.3 is 0 Å². The molecule has 0 aromatic heterocycles. The van der Waals surface area contributed by atoms with Gasteiger partial charge in [0.15, 0.2) is 5.17 Å². The van der Waals surface area contributed by atoms with Crippen molar-refractivity contribution >= 4 is 28.5 Å². The molecule has 2 saturated heterocycles. The number of benzene rings is 2. The highest BCUT2D eigenvalue weighted by atomic mass is 32.2. The quantitative estimate of drug-likeness (QED) is 0.771. The lowest BCUT2D eigenvalue weighted by molar-refractivity contribution is -0.116. The molecule has 2 aliphatic heterocycles. The number of carbonyl (C=O) groups excluding carboxylic acids is 1. The molecule has 3 atom stereocenters. The number of amides is 1. The van der Waals surface area contributed by atoms with Gasteiger partial charge in [-0.15, -0.1) is 5.10 Å². The Hall–Kier alpha value is -2.44. The molecule has 0 radical (unpaired) electrons. The first kappa shape index (κ1) is 18.9. The summed E-state index contributed by atoms with van der Waals surface area (Å²) in [5.41, 5.74) is 3.60. The highest BCUT2D eigenvalue weighted by molar-refractivity contribution is 8.15. The maximum Gasteiger partial charge on any atom is 0.236 e. The highest BCUT2D eigenvalue weighted by Gasteiger charge is 2.35. The van der Waals surface area contributed by atoms with E-state index in [1.54, 1.807) is 0 Å². The minimum Gasteiger partial charge on any atom is -0.303 e. The van der Waals surface area contributed by atoms with Crippen molar-refractivity contribution in [1.82, 2.24) is 10.6 Å². The molecule has 0 bridgehead atoms. The van der Waals surface area contributed by atoms with Crippen LogP contribution in [0.15, 0.2) is 70.9 Å². The van der Waals surface area contributed by atoms with Gasteiger partial charge in [0.1, 0.15) is 0 Å². The van der Waals surface area contributed by atoms with Crippen LogP contribution in [-0.2, 0) is 4.79 Å². The van der Waals surface area contributed by atoms with Gasteiger partial charge in [0.25, 0.3) is 0 Å². The third-order valence-corrected chi connectivity index (χ3v) is 6.14. The van der Waals surface area contributed by atoms with E-state index >= 15 is 0 Å². The number of rotatable bonds is 4. The molecule has 2 aromatic rings. The van der Waals surface area contributed by atoms with Crippen LogP contribution < -0.4 is 10.6 Å². The third-order valence-electron chi connectivity index (χ3n) is 5.28. The predicted molar refractivity (Wildman–Crippen MR) is 115 cm³/mol. The minimum absolute atomic E-state index is 0.00868. The molecule has 6 heteroatoms. The topological polar surface area (TPSA) is 65.8 Å². The fraction of sp³-hybridized carbons (Fsp3) is 0.318. The number of hydrogen-bond acceptors (Lipinski definition) is 5. The van der Waals surface area contributed by atoms with Gasteiger partial charge in [-0.05, 0) is 17.5 Å². The molecule has 4 rings (SSSR count). The number of nitrogens with zero attached hydrogens (tertiary/aromatic N) is 2. The Balaban J connectivity index is 1.69. The van der Waals surface area contributed by atoms with Crippen LogP contribution in [0.2, 0.25) is 0 Å². The summed E-state index contributed by atoms with van der Waals surface area (Å²) in [7, 11) is 0. The fourth-order valence-electron chi connectivity index (χ4n) is 3.91. The molecule has 2 heterocycles. The van der Waals surface area contributed by atoms with E-state index in [2.05, 4.69) is 76.3 Å². The van der Waals surface area contributed by atoms with Crippen LogP contribution in [0.1, 0.15) is 43.0 Å². The second kappa shape index (κ2) is 8.71. The first-order valence-corrected chi connectivity index (χ1v) is 10.7. The van der Waals surface area contributed by atoms with Crippen LogP contribution in [0.3, 0.4) is 0 Å². The predicted octanol–water partition coefficient (Wildman–Crippen LogP) is 4.06. The van der Waals surface area contributed by atoms with E-state index in [0.717, 1.165) is 18.6 Å². The number of carbonyl (C=O) groups is 1. The van der Waals surface area contributed by atoms with Gasteiger partial charge in [0.2, 0.25) is 5.91 Å². The monoisotopic (exact) mass is 392 g/mol. The summed E-state index contributed by atoms with van der Waals surface area (Å²) < 4.78 is 0. The van der Waals surface area contributed by atoms with E-state index in [0.29, 0.717) is 10.9 Å². The van der Waals surface area contributed by atoms with Gasteiger partial charge in [0.05, 0.1) is 5.75 Å². The Morgan fingerprint density at radius 3 is 2.29 bits per heavy atom. The van der Waals surface area contributed by atoms with Gasteiger partial charge < -0.3 is 10.6 Å². The summed E-state index contributed by atoms with van der Waals surface area (Å²) in [5.74, 6) is 0.668. The Morgan fingerprint density at radius 2 is 1.68 bits per heavy atom. The second-order valence-electron chi connectivity index (χ2n) is 7.07. The molecule has 0 aliphatic carbocycles. The first-order valence-electron chi connectivity index (χ1n) is 9.67. The van der Waals surface area contributed by atoms with Crippen LogP contribution in [0.5, 0.6) is 0 Å². The molecule has 2 aliphatic rings. The SMILES string of the molecule is CCC1/C(=N/N=C2\NC(=O)CS2)CC(c2ccccc2)NC1c1ccccc1. The molecule has 1 amide bonds. The summed E-state index contributed by atoms with van der Waals surface area (Å²) in [6.07, 6.45) is 1.78. The van der Waals surface area contributed by atoms with Crippen molar-refractivity contribution in [2.45, 2.75) is 31.8 Å². The summed E-state index contributed by atoms with van der Waals surface area (Å²) >= 11 is 1.41. The number of piperidine rings is 1. The van der Waals surface area contributed by atoms with Crippen molar-refractivity contribution < 1.29 is 4.79 Å². The zero-order chi connectivity index (χ0) is 19.3. The van der Waals surface area contributed by atoms with E-state index in [9.17, 15) is 4.79 Å². The van der Waals surface area contributed by atoms with Gasteiger partial charge in [-0.1, -0.05) is 79.3 Å². The molecule has 0 spiro atoms. The molecule has 2 N–H and O–H groups in total. The lowest BCUT2D eigenvalue weighted by Crippen LogP contribution is -2.42. The van der Waals surface area contributed by atoms with E-state index in [1.165, 1.54) is 22.9 Å². The van der Waals surface area contributed by atoms with Crippen molar-refractivity contribution in [3.63, 3.8) is 0 Å². The molecule has 2 fully saturated rings. The average Bonchev–Trinajstić information content (AvgIpc) is 3.18. The van der Waals surface area contributed by atoms with Crippen LogP contribution in [0.25, 0.3) is 0 Å². The van der Waals surface area contributed by atoms with E-state index < -0.39 is 0 Å². The largest absolute Gasteiger partial charge is 0.303 e. The summed E-state index contributed by atoms with van der Waals surface area (Å²) in [6, 6.07) is 21.4. The average molecular weight is 393 g/mol. The normalized spacial score (nSPS) is 27.9. The Bertz CT molecular complexity index is 882. The van der Waals surface area contributed by atoms with Crippen LogP contribution in [0.4, 0.5) is 0 Å². The van der Waals surface area contributed by atoms with E-state index in [4.69, 9.17) is 0 Å². The van der Waals surface area contributed by atoms with Gasteiger partial charge in [-0.3, -0.25) is 4.79 Å². The van der Waals surface area contributed by atoms with Crippen LogP contribution in [0, 0.1) is 5.92 Å². The third kappa shape index (κ3) is 4.18. The number of hydrogen-bond donors (Lipinski definition) is 2. The van der Waals surface area contributed by atoms with Crippen molar-refractivity contribution in [2.24, 2.45) is 16.1 Å². The standard InChI is InChI=1S/C22H24N4OS/c1-2-17-19(25-26-22-24-20(27)14-28-22)13-18(15-9-5-3-6-10-15)23-21(17)16-11-7-4-8-12-16/h3-12,17-18,21,23H,2,13-14H2,1H3,(H,24,26,27)/b25-19+. The minimum atomic E-state index is -0.00868. The van der Waals surface area contributed by atoms with Crippen molar-refractivity contribution in [3.05, 3.63) is 71.8 Å². The molecule has 28 heavy (non-hydrogen) atoms. The zero-order valence-corrected chi connectivity index (χ0v) is 16.7. The van der Waals surface area contributed by atoms with Crippen LogP contribution >= 0.6 is 11.8 Å². The lowest BCUT2D eigenvalue weighted by atomic mass is 9.79. The summed E-state index contributed by atoms with van der Waals surface area (Å²) in [5, 5.41) is 16.2. The fourth-order valence-corrected chi connectivity index (χ4v) is 4.53. The molecule has 0 saturated carbocycles. The zero-order valence-electron chi connectivity index (χ0n) is 15.8. The first-order chi connectivity index (χ1) is 13.7. The maximum absolute atomic E-state index is 11.4. The second-order valence-corrected chi connectivity index (χ2v) is 8.03. The van der Waals surface area contributed by atoms with Crippen molar-refractivity contribution in [1.29, 1.82) is 0 Å². The summed E-state index contributed by atoms with van der Waals surface area (Å²) in [4.78, 5) is 11.4. The molecule has 2 aromatic carbocycles. The Kier molecular flexibility index (Phi) is 5.88. The lowest BCUT2D eigenvalue weighted by Gasteiger charge is -2.38. The molecular formula is C22H24N4OS. The Morgan fingerprint density at radius 1 is 1.00 bits per heavy atom. The van der Waals surface area contributed by atoms with Gasteiger partial charge in [0, 0.05) is 30.1 Å². The molecule has 5 nitrogen and oxygen atoms in total. The number of amidine groups is 1. The molecule has 144 valence electrons. The van der Waals surface area contributed by atoms with Crippen LogP contribution in [-0.4, -0.2) is 22.5 Å². The van der Waals surface area contributed by atoms with Crippen molar-refractivity contribution in [2.75, 3.05) is 5.75 Å². The number of nitrogens with one attached hydrogen (secondary N) is 2. The number of thioether (sulfide) groups is 1. The van der Waals surface area contributed by atoms with Crippen molar-refractivity contribution in [3.8, 4) is 0 Å². The Labute approximate surface area is 169 Å². The maximum atomic E-state index is 11.4. The smallest absolute Gasteiger partial charge is 0.236 e. The summed E-state index contributed by atoms with van der Waals surface area (Å²) in [6.45, 7) is 2.19. The highest BCUT2D eigenvalue weighted by Crippen LogP contribution is 2.37. The molecular weight excluding hydrogens is 368 g/mol.